The SMILES string of the molecule is [B]C.[CH-]=CC=C.[Y]. The van der Waals surface area contributed by atoms with Crippen LogP contribution in [0.4, 0.5) is 0 Å². The van der Waals surface area contributed by atoms with Crippen LogP contribution in [0.25, 0.3) is 0 Å². The van der Waals surface area contributed by atoms with Crippen molar-refractivity contribution in [3.8, 4) is 0 Å². The summed E-state index contributed by atoms with van der Waals surface area (Å²) in [5, 5.41) is 0. The van der Waals surface area contributed by atoms with Crippen molar-refractivity contribution in [1.29, 1.82) is 0 Å². The van der Waals surface area contributed by atoms with Crippen LogP contribution >= 0.6 is 0 Å². The molecular formula is C5H8BY-. The second-order valence-corrected chi connectivity index (χ2v) is 0.428. The topological polar surface area (TPSA) is 0 Å². The first-order valence-electron chi connectivity index (χ1n) is 1.65. The Morgan fingerprint density at radius 2 is 1.71 bits per heavy atom. The van der Waals surface area contributed by atoms with Gasteiger partial charge in [-0.15, -0.1) is 0 Å². The van der Waals surface area contributed by atoms with Gasteiger partial charge in [0, 0.05) is 32.7 Å². The summed E-state index contributed by atoms with van der Waals surface area (Å²) in [6, 6.07) is 0. The van der Waals surface area contributed by atoms with Gasteiger partial charge >= 0.3 is 0 Å². The molecule has 2 heteroatoms. The second-order valence-electron chi connectivity index (χ2n) is 0.428. The number of rotatable bonds is 1. The third kappa shape index (κ3) is 52.9. The Balaban J connectivity index is -0.0000000480. The molecule has 0 unspecified atom stereocenters. The molecule has 0 atom stereocenters. The minimum absolute atomic E-state index is 0. The van der Waals surface area contributed by atoms with E-state index in [1.165, 1.54) is 19.0 Å². The Labute approximate surface area is 72.4 Å². The normalized spacial score (nSPS) is 3.57. The zero-order valence-electron chi connectivity index (χ0n) is 4.59. The van der Waals surface area contributed by atoms with Gasteiger partial charge in [0.05, 0.1) is 7.85 Å². The van der Waals surface area contributed by atoms with E-state index in [0.717, 1.165) is 0 Å². The van der Waals surface area contributed by atoms with Crippen molar-refractivity contribution < 1.29 is 32.7 Å². The van der Waals surface area contributed by atoms with Crippen molar-refractivity contribution >= 4 is 7.85 Å². The van der Waals surface area contributed by atoms with Crippen molar-refractivity contribution in [1.82, 2.24) is 0 Å². The van der Waals surface area contributed by atoms with Gasteiger partial charge in [-0.3, -0.25) is 6.58 Å². The molecule has 0 heterocycles. The zero-order valence-corrected chi connectivity index (χ0v) is 7.43. The monoisotopic (exact) mass is 168 g/mol. The van der Waals surface area contributed by atoms with Crippen LogP contribution in [0.15, 0.2) is 18.7 Å². The summed E-state index contributed by atoms with van der Waals surface area (Å²) in [5.74, 6) is 0. The molecule has 7 heavy (non-hydrogen) atoms. The summed E-state index contributed by atoms with van der Waals surface area (Å²) >= 11 is 0. The maximum absolute atomic E-state index is 4.78. The maximum Gasteiger partial charge on any atom is 0.0606 e. The fraction of sp³-hybridized carbons (Fsp3) is 0.200. The fourth-order valence-corrected chi connectivity index (χ4v) is 0. The van der Waals surface area contributed by atoms with Gasteiger partial charge in [0.25, 0.3) is 0 Å². The van der Waals surface area contributed by atoms with Crippen molar-refractivity contribution in [2.75, 3.05) is 0 Å². The summed E-state index contributed by atoms with van der Waals surface area (Å²) in [7, 11) is 4.50. The quantitative estimate of drug-likeness (QED) is 0.315. The summed E-state index contributed by atoms with van der Waals surface area (Å²) in [5.41, 5.74) is 0. The first-order valence-corrected chi connectivity index (χ1v) is 1.65. The molecule has 0 aliphatic rings. The van der Waals surface area contributed by atoms with E-state index in [-0.39, 0.29) is 32.7 Å². The van der Waals surface area contributed by atoms with E-state index in [0.29, 0.717) is 0 Å². The Kier molecular flexibility index (Phi) is 67.6. The average Bonchev–Trinajstić information content (AvgIpc) is 1.72. The molecular weight excluding hydrogens is 160 g/mol. The summed E-state index contributed by atoms with van der Waals surface area (Å²) in [4.78, 5) is 0. The number of hydrogen-bond donors (Lipinski definition) is 0. The van der Waals surface area contributed by atoms with Gasteiger partial charge in [-0.1, -0.05) is 6.82 Å². The Hall–Kier alpha value is 0.649. The zero-order chi connectivity index (χ0) is 5.41. The molecule has 0 aromatic heterocycles. The van der Waals surface area contributed by atoms with Crippen LogP contribution in [0, 0.1) is 6.58 Å². The molecule has 0 saturated heterocycles. The minimum Gasteiger partial charge on any atom is -0.293 e. The van der Waals surface area contributed by atoms with Crippen molar-refractivity contribution in [2.45, 2.75) is 6.82 Å². The van der Waals surface area contributed by atoms with E-state index in [4.69, 9.17) is 6.58 Å². The molecule has 0 spiro atoms. The Morgan fingerprint density at radius 1 is 1.57 bits per heavy atom. The number of hydrogen-bond acceptors (Lipinski definition) is 0. The predicted octanol–water partition coefficient (Wildman–Crippen LogP) is 1.36. The van der Waals surface area contributed by atoms with Crippen molar-refractivity contribution in [2.24, 2.45) is 0 Å². The standard InChI is InChI=1S/C4H5.CH3B.Y/c1-3-4-2;1-2;/h1,3-4H,2H2;1H3;/q-1;;. The molecule has 0 aliphatic heterocycles. The number of allylic oxidation sites excluding steroid dienone is 2. The molecule has 0 amide bonds. The van der Waals surface area contributed by atoms with Crippen LogP contribution in [0.3, 0.4) is 0 Å². The van der Waals surface area contributed by atoms with E-state index < -0.39 is 0 Å². The smallest absolute Gasteiger partial charge is 0.0606 e. The van der Waals surface area contributed by atoms with Crippen LogP contribution in [0.2, 0.25) is 6.82 Å². The molecule has 0 aromatic carbocycles. The van der Waals surface area contributed by atoms with E-state index in [1.807, 2.05) is 0 Å². The van der Waals surface area contributed by atoms with Crippen LogP contribution in [0.5, 0.6) is 0 Å². The van der Waals surface area contributed by atoms with E-state index >= 15 is 0 Å². The van der Waals surface area contributed by atoms with Crippen molar-refractivity contribution in [3.05, 3.63) is 25.3 Å². The van der Waals surface area contributed by atoms with E-state index in [1.54, 1.807) is 0 Å². The molecule has 0 rings (SSSR count). The first kappa shape index (κ1) is 15.6. The third-order valence-electron chi connectivity index (χ3n) is 0.136. The van der Waals surface area contributed by atoms with Crippen LogP contribution in [0.1, 0.15) is 0 Å². The largest absolute Gasteiger partial charge is 0.293 e. The van der Waals surface area contributed by atoms with Gasteiger partial charge in [-0.2, -0.15) is 6.58 Å². The molecule has 0 N–H and O–H groups in total. The Morgan fingerprint density at radius 3 is 1.71 bits per heavy atom. The minimum atomic E-state index is 0. The summed E-state index contributed by atoms with van der Waals surface area (Å²) < 4.78 is 0. The molecule has 0 fully saturated rings. The molecule has 0 nitrogen and oxygen atoms in total. The third-order valence-corrected chi connectivity index (χ3v) is 0.136. The van der Waals surface area contributed by atoms with Crippen molar-refractivity contribution in [3.63, 3.8) is 0 Å². The predicted molar refractivity (Wildman–Crippen MR) is 30.7 cm³/mol. The maximum atomic E-state index is 4.78. The molecule has 35 valence electrons. The van der Waals surface area contributed by atoms with Gasteiger partial charge in [0.15, 0.2) is 0 Å². The average molecular weight is 168 g/mol. The van der Waals surface area contributed by atoms with Gasteiger partial charge in [-0.05, 0) is 0 Å². The Bertz CT molecular complexity index is 29.1. The van der Waals surface area contributed by atoms with Gasteiger partial charge in [0.1, 0.15) is 0 Å². The molecule has 0 aliphatic carbocycles. The first-order chi connectivity index (χ1) is 2.91. The summed E-state index contributed by atoms with van der Waals surface area (Å²) in [6.45, 7) is 9.58. The van der Waals surface area contributed by atoms with Gasteiger partial charge in [0.2, 0.25) is 0 Å². The fourth-order valence-electron chi connectivity index (χ4n) is 0. The second kappa shape index (κ2) is 30.2. The van der Waals surface area contributed by atoms with Crippen LogP contribution in [-0.2, 0) is 32.7 Å². The molecule has 3 radical (unpaired) electrons. The molecule has 0 bridgehead atoms. The summed E-state index contributed by atoms with van der Waals surface area (Å²) in [6.07, 6.45) is 2.92. The molecule has 0 aromatic rings. The van der Waals surface area contributed by atoms with Gasteiger partial charge < -0.3 is 0 Å². The van der Waals surface area contributed by atoms with Crippen LogP contribution < -0.4 is 0 Å². The van der Waals surface area contributed by atoms with E-state index in [9.17, 15) is 0 Å². The van der Waals surface area contributed by atoms with Gasteiger partial charge in [-0.25, -0.2) is 12.2 Å². The van der Waals surface area contributed by atoms with Crippen LogP contribution in [-0.4, -0.2) is 7.85 Å². The van der Waals surface area contributed by atoms with E-state index in [2.05, 4.69) is 14.4 Å². The molecule has 0 saturated carbocycles.